The Bertz CT molecular complexity index is 1710. The Morgan fingerprint density at radius 1 is 0.977 bits per heavy atom. The quantitative estimate of drug-likeness (QED) is 0.0991. The van der Waals surface area contributed by atoms with Crippen molar-refractivity contribution in [2.75, 3.05) is 11.5 Å². The number of rotatable bonds is 9. The molecule has 0 radical (unpaired) electrons. The molecule has 1 N–H and O–H groups in total. The van der Waals surface area contributed by atoms with E-state index in [2.05, 4.69) is 4.98 Å². The van der Waals surface area contributed by atoms with Gasteiger partial charge in [-0.1, -0.05) is 72.4 Å². The lowest BCUT2D eigenvalue weighted by molar-refractivity contribution is -0.132. The Morgan fingerprint density at radius 2 is 1.70 bits per heavy atom. The molecule has 0 aliphatic carbocycles. The first kappa shape index (κ1) is 29.7. The van der Waals surface area contributed by atoms with Crippen LogP contribution in [0.5, 0.6) is 5.75 Å². The van der Waals surface area contributed by atoms with Gasteiger partial charge in [0.05, 0.1) is 23.9 Å². The van der Waals surface area contributed by atoms with Crippen molar-refractivity contribution in [3.8, 4) is 5.75 Å². The van der Waals surface area contributed by atoms with E-state index >= 15 is 0 Å². The average molecular weight is 597 g/mol. The highest BCUT2D eigenvalue weighted by Crippen LogP contribution is 2.44. The Balaban J connectivity index is 1.53. The Kier molecular flexibility index (Phi) is 8.73. The van der Waals surface area contributed by atoms with Gasteiger partial charge in [-0.15, -0.1) is 0 Å². The monoisotopic (exact) mass is 596 g/mol. The van der Waals surface area contributed by atoms with Crippen molar-refractivity contribution in [1.29, 1.82) is 0 Å². The number of aliphatic hydroxyl groups excluding tert-OH is 1. The SMILES string of the molecule is CCOC(=O)c1sc(N2C(=O)C(=O)/C(=C(/O)c3ccc(OCc4cccc(C)c4)cc3)C2c2ccc(CC)cc2)nc1C. The third-order valence-corrected chi connectivity index (χ3v) is 8.35. The maximum Gasteiger partial charge on any atom is 0.350 e. The fraction of sp³-hybridized carbons (Fsp3) is 0.235. The van der Waals surface area contributed by atoms with Gasteiger partial charge in [-0.3, -0.25) is 14.5 Å². The van der Waals surface area contributed by atoms with Gasteiger partial charge in [-0.2, -0.15) is 0 Å². The predicted octanol–water partition coefficient (Wildman–Crippen LogP) is 6.70. The van der Waals surface area contributed by atoms with Gasteiger partial charge in [0.25, 0.3) is 5.78 Å². The van der Waals surface area contributed by atoms with Crippen LogP contribution in [0.15, 0.2) is 78.4 Å². The molecule has 5 rings (SSSR count). The number of carbonyl (C=O) groups is 3. The number of ether oxygens (including phenoxy) is 2. The molecule has 1 aliphatic heterocycles. The molecular formula is C34H32N2O6S. The molecule has 0 saturated carbocycles. The van der Waals surface area contributed by atoms with Gasteiger partial charge in [-0.05, 0) is 68.1 Å². The highest BCUT2D eigenvalue weighted by Gasteiger charge is 2.48. The largest absolute Gasteiger partial charge is 0.507 e. The van der Waals surface area contributed by atoms with Crippen molar-refractivity contribution in [3.05, 3.63) is 117 Å². The molecule has 4 aromatic rings. The fourth-order valence-corrected chi connectivity index (χ4v) is 5.97. The summed E-state index contributed by atoms with van der Waals surface area (Å²) in [5, 5.41) is 11.7. The number of ketones is 1. The van der Waals surface area contributed by atoms with Crippen LogP contribution in [-0.4, -0.2) is 34.4 Å². The number of carbonyl (C=O) groups excluding carboxylic acids is 3. The molecule has 0 bridgehead atoms. The minimum Gasteiger partial charge on any atom is -0.507 e. The van der Waals surface area contributed by atoms with Gasteiger partial charge < -0.3 is 14.6 Å². The number of benzene rings is 3. The highest BCUT2D eigenvalue weighted by atomic mass is 32.1. The normalized spacial score (nSPS) is 16.0. The summed E-state index contributed by atoms with van der Waals surface area (Å²) in [7, 11) is 0. The number of hydrogen-bond donors (Lipinski definition) is 1. The lowest BCUT2D eigenvalue weighted by Gasteiger charge is -2.23. The van der Waals surface area contributed by atoms with Crippen molar-refractivity contribution in [2.24, 2.45) is 0 Å². The summed E-state index contributed by atoms with van der Waals surface area (Å²) in [5.41, 5.74) is 4.57. The van der Waals surface area contributed by atoms with Crippen LogP contribution in [0.1, 0.15) is 63.1 Å². The van der Waals surface area contributed by atoms with E-state index in [9.17, 15) is 19.5 Å². The summed E-state index contributed by atoms with van der Waals surface area (Å²) in [4.78, 5) is 45.6. The second-order valence-corrected chi connectivity index (χ2v) is 11.2. The maximum absolute atomic E-state index is 13.5. The van der Waals surface area contributed by atoms with Crippen LogP contribution in [0.4, 0.5) is 5.13 Å². The van der Waals surface area contributed by atoms with Crippen LogP contribution in [0, 0.1) is 13.8 Å². The predicted molar refractivity (Wildman–Crippen MR) is 165 cm³/mol. The topological polar surface area (TPSA) is 106 Å². The second-order valence-electron chi connectivity index (χ2n) is 10.2. The van der Waals surface area contributed by atoms with Crippen molar-refractivity contribution < 1.29 is 29.0 Å². The van der Waals surface area contributed by atoms with E-state index in [1.165, 1.54) is 4.90 Å². The van der Waals surface area contributed by atoms with Crippen LogP contribution in [-0.2, 0) is 27.4 Å². The zero-order chi connectivity index (χ0) is 30.7. The number of Topliss-reactive ketones (excluding diaryl/α,β-unsaturated/α-hetero) is 1. The molecule has 8 nitrogen and oxygen atoms in total. The van der Waals surface area contributed by atoms with Crippen LogP contribution in [0.25, 0.3) is 5.76 Å². The number of esters is 1. The number of hydrogen-bond acceptors (Lipinski definition) is 8. The number of anilines is 1. The number of thiazole rings is 1. The van der Waals surface area contributed by atoms with E-state index in [1.807, 2.05) is 62.4 Å². The van der Waals surface area contributed by atoms with Gasteiger partial charge in [0.2, 0.25) is 0 Å². The molecule has 1 amide bonds. The summed E-state index contributed by atoms with van der Waals surface area (Å²) in [6.45, 7) is 7.98. The zero-order valence-electron chi connectivity index (χ0n) is 24.4. The number of nitrogens with zero attached hydrogens (tertiary/aromatic N) is 2. The molecule has 1 fully saturated rings. The van der Waals surface area contributed by atoms with Gasteiger partial charge in [0.1, 0.15) is 23.0 Å². The molecule has 220 valence electrons. The highest BCUT2D eigenvalue weighted by molar-refractivity contribution is 7.17. The van der Waals surface area contributed by atoms with Gasteiger partial charge in [0.15, 0.2) is 5.13 Å². The van der Waals surface area contributed by atoms with Crippen molar-refractivity contribution in [2.45, 2.75) is 46.8 Å². The van der Waals surface area contributed by atoms with Gasteiger partial charge in [-0.25, -0.2) is 9.78 Å². The van der Waals surface area contributed by atoms with E-state index in [-0.39, 0.29) is 27.9 Å². The molecule has 0 spiro atoms. The van der Waals surface area contributed by atoms with Crippen molar-refractivity contribution in [3.63, 3.8) is 0 Å². The standard InChI is InChI=1S/C34H32N2O6S/c1-5-22-10-12-24(13-11-22)28-27(30(38)32(39)36(28)34-35-21(4)31(43-34)33(40)41-6-2)29(37)25-14-16-26(17-15-25)42-19-23-9-7-8-20(3)18-23/h7-18,28,37H,5-6,19H2,1-4H3/b29-27+. The molecule has 2 heterocycles. The summed E-state index contributed by atoms with van der Waals surface area (Å²) < 4.78 is 11.1. The molecule has 43 heavy (non-hydrogen) atoms. The van der Waals surface area contributed by atoms with E-state index in [4.69, 9.17) is 9.47 Å². The Morgan fingerprint density at radius 3 is 2.35 bits per heavy atom. The molecular weight excluding hydrogens is 564 g/mol. The molecule has 1 unspecified atom stereocenters. The van der Waals surface area contributed by atoms with Crippen LogP contribution in [0.3, 0.4) is 0 Å². The number of aromatic nitrogens is 1. The molecule has 1 aliphatic rings. The van der Waals surface area contributed by atoms with E-state index in [0.717, 1.165) is 34.4 Å². The molecule has 1 aromatic heterocycles. The van der Waals surface area contributed by atoms with Crippen LogP contribution in [0.2, 0.25) is 0 Å². The van der Waals surface area contributed by atoms with Crippen LogP contribution >= 0.6 is 11.3 Å². The van der Waals surface area contributed by atoms with E-state index in [1.54, 1.807) is 38.1 Å². The van der Waals surface area contributed by atoms with E-state index < -0.39 is 23.7 Å². The lowest BCUT2D eigenvalue weighted by atomic mass is 9.94. The van der Waals surface area contributed by atoms with Crippen LogP contribution < -0.4 is 9.64 Å². The van der Waals surface area contributed by atoms with Crippen molar-refractivity contribution in [1.82, 2.24) is 4.98 Å². The lowest BCUT2D eigenvalue weighted by Crippen LogP contribution is -2.29. The summed E-state index contributed by atoms with van der Waals surface area (Å²) in [5.74, 6) is -1.95. The Labute approximate surface area is 254 Å². The third-order valence-electron chi connectivity index (χ3n) is 7.22. The zero-order valence-corrected chi connectivity index (χ0v) is 25.2. The maximum atomic E-state index is 13.5. The van der Waals surface area contributed by atoms with Gasteiger partial charge in [0, 0.05) is 5.56 Å². The summed E-state index contributed by atoms with van der Waals surface area (Å²) in [6, 6.07) is 21.3. The first-order valence-corrected chi connectivity index (χ1v) is 14.9. The average Bonchev–Trinajstić information content (AvgIpc) is 3.52. The number of aryl methyl sites for hydroxylation is 3. The molecule has 1 atom stereocenters. The third kappa shape index (κ3) is 6.08. The fourth-order valence-electron chi connectivity index (χ4n) is 4.99. The summed E-state index contributed by atoms with van der Waals surface area (Å²) >= 11 is 0.979. The Hall–Kier alpha value is -4.76. The molecule has 9 heteroatoms. The minimum absolute atomic E-state index is 0.0618. The first-order valence-electron chi connectivity index (χ1n) is 14.0. The molecule has 1 saturated heterocycles. The van der Waals surface area contributed by atoms with Crippen molar-refractivity contribution >= 4 is 39.9 Å². The van der Waals surface area contributed by atoms with Gasteiger partial charge >= 0.3 is 11.9 Å². The van der Waals surface area contributed by atoms with E-state index in [0.29, 0.717) is 29.2 Å². The first-order chi connectivity index (χ1) is 20.7. The molecule has 3 aromatic carbocycles. The minimum atomic E-state index is -0.955. The number of aliphatic hydroxyl groups is 1. The smallest absolute Gasteiger partial charge is 0.350 e. The number of amides is 1. The second kappa shape index (κ2) is 12.6. The summed E-state index contributed by atoms with van der Waals surface area (Å²) in [6.07, 6.45) is 0.813.